The Kier molecular flexibility index (Phi) is 5.65. The lowest BCUT2D eigenvalue weighted by atomic mass is 10.0. The topological polar surface area (TPSA) is 89.0 Å². The van der Waals surface area contributed by atoms with Gasteiger partial charge in [0.05, 0.1) is 11.2 Å². The number of piperazine rings is 1. The number of aromatic nitrogens is 2. The first-order valence-corrected chi connectivity index (χ1v) is 10.4. The maximum absolute atomic E-state index is 13.7. The van der Waals surface area contributed by atoms with Gasteiger partial charge in [0.15, 0.2) is 0 Å². The zero-order chi connectivity index (χ0) is 23.0. The Hall–Kier alpha value is -3.75. The minimum absolute atomic E-state index is 0.0317. The SMILES string of the molecule is Cc1ccc(F)cc1CN1CCN(c2c(C#N)c(=O)n(C)c3ccc(C#N)nc23)C[C@H]1C. The summed E-state index contributed by atoms with van der Waals surface area (Å²) in [4.78, 5) is 21.6. The number of nitrogens with zero attached hydrogens (tertiary/aromatic N) is 6. The van der Waals surface area contributed by atoms with Crippen LogP contribution >= 0.6 is 0 Å². The molecule has 1 fully saturated rings. The first-order chi connectivity index (χ1) is 15.3. The molecule has 0 radical (unpaired) electrons. The molecule has 3 heterocycles. The highest BCUT2D eigenvalue weighted by Gasteiger charge is 2.29. The van der Waals surface area contributed by atoms with Crippen molar-refractivity contribution in [3.8, 4) is 12.1 Å². The van der Waals surface area contributed by atoms with E-state index in [-0.39, 0.29) is 28.7 Å². The van der Waals surface area contributed by atoms with Gasteiger partial charge in [0.2, 0.25) is 0 Å². The molecule has 1 saturated heterocycles. The van der Waals surface area contributed by atoms with Crippen LogP contribution in [0.1, 0.15) is 29.3 Å². The van der Waals surface area contributed by atoms with Gasteiger partial charge in [-0.2, -0.15) is 10.5 Å². The fourth-order valence-corrected chi connectivity index (χ4v) is 4.33. The van der Waals surface area contributed by atoms with Gasteiger partial charge < -0.3 is 9.47 Å². The molecule has 0 saturated carbocycles. The number of halogens is 1. The molecule has 32 heavy (non-hydrogen) atoms. The number of hydrogen-bond acceptors (Lipinski definition) is 6. The lowest BCUT2D eigenvalue weighted by Gasteiger charge is -2.41. The predicted octanol–water partition coefficient (Wildman–Crippen LogP) is 2.84. The Balaban J connectivity index is 1.71. The maximum atomic E-state index is 13.7. The number of hydrogen-bond donors (Lipinski definition) is 0. The third kappa shape index (κ3) is 3.70. The highest BCUT2D eigenvalue weighted by Crippen LogP contribution is 2.30. The minimum Gasteiger partial charge on any atom is -0.366 e. The van der Waals surface area contributed by atoms with Crippen LogP contribution in [0.15, 0.2) is 35.1 Å². The third-order valence-corrected chi connectivity index (χ3v) is 6.21. The van der Waals surface area contributed by atoms with Crippen molar-refractivity contribution in [2.45, 2.75) is 26.4 Å². The number of benzene rings is 1. The van der Waals surface area contributed by atoms with Gasteiger partial charge in [-0.3, -0.25) is 9.69 Å². The number of aryl methyl sites for hydroxylation is 2. The van der Waals surface area contributed by atoms with E-state index in [2.05, 4.69) is 22.9 Å². The summed E-state index contributed by atoms with van der Waals surface area (Å²) in [5.74, 6) is -0.249. The monoisotopic (exact) mass is 430 g/mol. The van der Waals surface area contributed by atoms with Gasteiger partial charge in [0.25, 0.3) is 5.56 Å². The summed E-state index contributed by atoms with van der Waals surface area (Å²) in [5, 5.41) is 19.1. The van der Waals surface area contributed by atoms with Crippen LogP contribution in [0.25, 0.3) is 11.0 Å². The van der Waals surface area contributed by atoms with Crippen molar-refractivity contribution in [2.75, 3.05) is 24.5 Å². The molecule has 4 rings (SSSR count). The van der Waals surface area contributed by atoms with Crippen molar-refractivity contribution in [1.82, 2.24) is 14.5 Å². The second kappa shape index (κ2) is 8.41. The van der Waals surface area contributed by atoms with E-state index in [1.807, 2.05) is 17.9 Å². The van der Waals surface area contributed by atoms with Crippen molar-refractivity contribution < 1.29 is 4.39 Å². The second-order valence-corrected chi connectivity index (χ2v) is 8.21. The Morgan fingerprint density at radius 1 is 1.19 bits per heavy atom. The van der Waals surface area contributed by atoms with Gasteiger partial charge in [-0.05, 0) is 49.2 Å². The molecule has 0 amide bonds. The third-order valence-electron chi connectivity index (χ3n) is 6.21. The minimum atomic E-state index is -0.382. The molecule has 1 aromatic carbocycles. The number of fused-ring (bicyclic) bond motifs is 1. The zero-order valence-corrected chi connectivity index (χ0v) is 18.3. The standard InChI is InChI=1S/C24H23FN6O/c1-15-4-5-18(25)10-17(15)14-30-8-9-31(13-16(30)2)23-20(12-27)24(32)29(3)21-7-6-19(11-26)28-22(21)23/h4-7,10,16H,8-9,13-14H2,1-3H3/t16-/m1/s1. The molecule has 1 aliphatic rings. The zero-order valence-electron chi connectivity index (χ0n) is 18.3. The fourth-order valence-electron chi connectivity index (χ4n) is 4.33. The molecule has 1 atom stereocenters. The van der Waals surface area contributed by atoms with E-state index in [0.29, 0.717) is 42.9 Å². The van der Waals surface area contributed by atoms with Gasteiger partial charge in [-0.25, -0.2) is 9.37 Å². The van der Waals surface area contributed by atoms with Gasteiger partial charge in [-0.15, -0.1) is 0 Å². The van der Waals surface area contributed by atoms with Crippen molar-refractivity contribution in [3.05, 3.63) is 68.9 Å². The van der Waals surface area contributed by atoms with Crippen LogP contribution in [-0.4, -0.2) is 40.1 Å². The maximum Gasteiger partial charge on any atom is 0.270 e. The Morgan fingerprint density at radius 3 is 2.66 bits per heavy atom. The van der Waals surface area contributed by atoms with Crippen LogP contribution in [0.3, 0.4) is 0 Å². The summed E-state index contributed by atoms with van der Waals surface area (Å²) in [6.45, 7) is 6.50. The van der Waals surface area contributed by atoms with Crippen LogP contribution in [0.4, 0.5) is 10.1 Å². The largest absolute Gasteiger partial charge is 0.366 e. The molecule has 3 aromatic rings. The number of rotatable bonds is 3. The predicted molar refractivity (Wildman–Crippen MR) is 120 cm³/mol. The van der Waals surface area contributed by atoms with E-state index in [9.17, 15) is 19.7 Å². The lowest BCUT2D eigenvalue weighted by Crippen LogP contribution is -2.52. The molecule has 8 heteroatoms. The highest BCUT2D eigenvalue weighted by molar-refractivity contribution is 5.92. The molecule has 0 N–H and O–H groups in total. The smallest absolute Gasteiger partial charge is 0.270 e. The van der Waals surface area contributed by atoms with Crippen LogP contribution in [0, 0.1) is 35.4 Å². The van der Waals surface area contributed by atoms with Gasteiger partial charge in [0, 0.05) is 39.3 Å². The Labute approximate surface area is 185 Å². The van der Waals surface area contributed by atoms with E-state index in [1.54, 1.807) is 31.3 Å². The Bertz CT molecular complexity index is 1350. The van der Waals surface area contributed by atoms with Crippen molar-refractivity contribution in [3.63, 3.8) is 0 Å². The number of pyridine rings is 2. The molecule has 0 aliphatic carbocycles. The van der Waals surface area contributed by atoms with Crippen LogP contribution in [-0.2, 0) is 13.6 Å². The lowest BCUT2D eigenvalue weighted by molar-refractivity contribution is 0.180. The Morgan fingerprint density at radius 2 is 1.97 bits per heavy atom. The molecule has 7 nitrogen and oxygen atoms in total. The molecular weight excluding hydrogens is 407 g/mol. The fraction of sp³-hybridized carbons (Fsp3) is 0.333. The average Bonchev–Trinajstić information content (AvgIpc) is 2.79. The van der Waals surface area contributed by atoms with Crippen molar-refractivity contribution in [1.29, 1.82) is 10.5 Å². The molecule has 0 bridgehead atoms. The van der Waals surface area contributed by atoms with Crippen LogP contribution < -0.4 is 10.5 Å². The van der Waals surface area contributed by atoms with E-state index in [4.69, 9.17) is 0 Å². The van der Waals surface area contributed by atoms with Gasteiger partial charge in [0.1, 0.15) is 34.7 Å². The number of anilines is 1. The summed E-state index contributed by atoms with van der Waals surface area (Å²) < 4.78 is 15.1. The second-order valence-electron chi connectivity index (χ2n) is 8.21. The molecule has 1 aliphatic heterocycles. The van der Waals surface area contributed by atoms with Crippen molar-refractivity contribution in [2.24, 2.45) is 7.05 Å². The van der Waals surface area contributed by atoms with Crippen LogP contribution in [0.5, 0.6) is 0 Å². The molecule has 2 aromatic heterocycles. The van der Waals surface area contributed by atoms with E-state index < -0.39 is 0 Å². The quantitative estimate of drug-likeness (QED) is 0.635. The van der Waals surface area contributed by atoms with E-state index in [0.717, 1.165) is 11.1 Å². The molecule has 162 valence electrons. The summed E-state index contributed by atoms with van der Waals surface area (Å²) >= 11 is 0. The summed E-state index contributed by atoms with van der Waals surface area (Å²) in [6.07, 6.45) is 0. The van der Waals surface area contributed by atoms with Crippen molar-refractivity contribution >= 4 is 16.7 Å². The summed E-state index contributed by atoms with van der Waals surface area (Å²) in [7, 11) is 1.60. The van der Waals surface area contributed by atoms with Gasteiger partial charge in [-0.1, -0.05) is 6.07 Å². The van der Waals surface area contributed by atoms with Crippen LogP contribution in [0.2, 0.25) is 0 Å². The molecule has 0 spiro atoms. The molecular formula is C24H23FN6O. The molecule has 0 unspecified atom stereocenters. The van der Waals surface area contributed by atoms with Gasteiger partial charge >= 0.3 is 0 Å². The average molecular weight is 430 g/mol. The summed E-state index contributed by atoms with van der Waals surface area (Å²) in [5.41, 5.74) is 3.40. The van der Waals surface area contributed by atoms with E-state index in [1.165, 1.54) is 10.6 Å². The summed E-state index contributed by atoms with van der Waals surface area (Å²) in [6, 6.07) is 12.3. The highest BCUT2D eigenvalue weighted by atomic mass is 19.1. The normalized spacial score (nSPS) is 16.7. The van der Waals surface area contributed by atoms with E-state index >= 15 is 0 Å². The first-order valence-electron chi connectivity index (χ1n) is 10.4. The first kappa shape index (κ1) is 21.5. The number of nitriles is 2.